The Morgan fingerprint density at radius 3 is 3.00 bits per heavy atom. The van der Waals surface area contributed by atoms with Crippen LogP contribution in [0.25, 0.3) is 0 Å². The fourth-order valence-electron chi connectivity index (χ4n) is 1.39. The monoisotopic (exact) mass is 283 g/mol. The maximum absolute atomic E-state index is 11.8. The van der Waals surface area contributed by atoms with E-state index in [4.69, 9.17) is 16.3 Å². The number of carbonyl (C=O) groups excluding carboxylic acids is 1. The highest BCUT2D eigenvalue weighted by molar-refractivity contribution is 7.17. The summed E-state index contributed by atoms with van der Waals surface area (Å²) in [6.45, 7) is 0.494. The van der Waals surface area contributed by atoms with Crippen LogP contribution in [0.5, 0.6) is 0 Å². The second-order valence-electron chi connectivity index (χ2n) is 3.45. The summed E-state index contributed by atoms with van der Waals surface area (Å²) in [4.78, 5) is 11.8. The van der Waals surface area contributed by atoms with Crippen LogP contribution in [0.4, 0.5) is 5.69 Å². The van der Waals surface area contributed by atoms with Crippen molar-refractivity contribution in [1.82, 2.24) is 10.2 Å². The van der Waals surface area contributed by atoms with Crippen LogP contribution in [0.1, 0.15) is 15.4 Å². The smallest absolute Gasteiger partial charge is 0.286 e. The van der Waals surface area contributed by atoms with Crippen LogP contribution in [0, 0.1) is 0 Å². The summed E-state index contributed by atoms with van der Waals surface area (Å²) in [6, 6.07) is 7.39. The van der Waals surface area contributed by atoms with Crippen molar-refractivity contribution in [2.75, 3.05) is 12.4 Å². The van der Waals surface area contributed by atoms with Crippen molar-refractivity contribution in [3.63, 3.8) is 0 Å². The van der Waals surface area contributed by atoms with Crippen molar-refractivity contribution in [3.8, 4) is 0 Å². The number of halogens is 1. The van der Waals surface area contributed by atoms with Crippen LogP contribution >= 0.6 is 22.9 Å². The lowest BCUT2D eigenvalue weighted by molar-refractivity contribution is 0.102. The normalized spacial score (nSPS) is 10.3. The predicted molar refractivity (Wildman–Crippen MR) is 70.0 cm³/mol. The summed E-state index contributed by atoms with van der Waals surface area (Å²) >= 11 is 6.66. The van der Waals surface area contributed by atoms with E-state index in [0.717, 1.165) is 16.9 Å². The average Bonchev–Trinajstić information content (AvgIpc) is 2.77. The van der Waals surface area contributed by atoms with Gasteiger partial charge >= 0.3 is 0 Å². The molecule has 1 heterocycles. The van der Waals surface area contributed by atoms with Crippen LogP contribution in [-0.4, -0.2) is 23.2 Å². The molecular formula is C11H10ClN3O2S. The first-order chi connectivity index (χ1) is 8.69. The molecule has 0 unspecified atom stereocenters. The summed E-state index contributed by atoms with van der Waals surface area (Å²) in [6.07, 6.45) is 0. The van der Waals surface area contributed by atoms with E-state index in [9.17, 15) is 4.79 Å². The standard InChI is InChI=1S/C11H10ClN3O2S/c1-17-6-7-3-2-4-8(5-7)13-9(16)10-14-15-11(12)18-10/h2-5H,6H2,1H3,(H,13,16). The molecule has 0 aliphatic carbocycles. The molecule has 2 aromatic rings. The Morgan fingerprint density at radius 2 is 2.33 bits per heavy atom. The molecule has 1 amide bonds. The van der Waals surface area contributed by atoms with Crippen molar-refractivity contribution in [2.45, 2.75) is 6.61 Å². The van der Waals surface area contributed by atoms with Gasteiger partial charge in [-0.25, -0.2) is 0 Å². The van der Waals surface area contributed by atoms with Gasteiger partial charge < -0.3 is 10.1 Å². The van der Waals surface area contributed by atoms with Gasteiger partial charge in [-0.15, -0.1) is 10.2 Å². The van der Waals surface area contributed by atoms with Gasteiger partial charge in [-0.2, -0.15) is 0 Å². The summed E-state index contributed by atoms with van der Waals surface area (Å²) in [5.41, 5.74) is 1.66. The molecule has 0 bridgehead atoms. The van der Waals surface area contributed by atoms with Crippen molar-refractivity contribution >= 4 is 34.5 Å². The van der Waals surface area contributed by atoms with Crippen molar-refractivity contribution in [1.29, 1.82) is 0 Å². The highest BCUT2D eigenvalue weighted by Crippen LogP contribution is 2.17. The molecule has 18 heavy (non-hydrogen) atoms. The van der Waals surface area contributed by atoms with Crippen molar-refractivity contribution < 1.29 is 9.53 Å². The first kappa shape index (κ1) is 12.9. The zero-order valence-electron chi connectivity index (χ0n) is 9.51. The lowest BCUT2D eigenvalue weighted by Gasteiger charge is -2.05. The second-order valence-corrected chi connectivity index (χ2v) is 5.01. The maximum Gasteiger partial charge on any atom is 0.286 e. The molecule has 1 aromatic carbocycles. The van der Waals surface area contributed by atoms with Crippen molar-refractivity contribution in [3.05, 3.63) is 39.3 Å². The van der Waals surface area contributed by atoms with Gasteiger partial charge in [0, 0.05) is 12.8 Å². The molecule has 5 nitrogen and oxygen atoms in total. The van der Waals surface area contributed by atoms with E-state index in [1.165, 1.54) is 0 Å². The molecule has 0 aliphatic heterocycles. The van der Waals surface area contributed by atoms with E-state index in [2.05, 4.69) is 15.5 Å². The first-order valence-corrected chi connectivity index (χ1v) is 6.26. The number of nitrogens with zero attached hydrogens (tertiary/aromatic N) is 2. The van der Waals surface area contributed by atoms with Crippen LogP contribution in [0.15, 0.2) is 24.3 Å². The molecule has 0 radical (unpaired) electrons. The number of anilines is 1. The molecule has 0 saturated heterocycles. The van der Waals surface area contributed by atoms with Crippen LogP contribution in [0.2, 0.25) is 4.47 Å². The van der Waals surface area contributed by atoms with Gasteiger partial charge in [0.15, 0.2) is 0 Å². The number of methoxy groups -OCH3 is 1. The Kier molecular flexibility index (Phi) is 4.24. The van der Waals surface area contributed by atoms with Gasteiger partial charge in [-0.05, 0) is 29.3 Å². The highest BCUT2D eigenvalue weighted by atomic mass is 35.5. The van der Waals surface area contributed by atoms with E-state index in [1.54, 1.807) is 13.2 Å². The predicted octanol–water partition coefficient (Wildman–Crippen LogP) is 2.59. The Labute approximate surface area is 113 Å². The minimum absolute atomic E-state index is 0.233. The third-order valence-corrected chi connectivity index (χ3v) is 3.11. The topological polar surface area (TPSA) is 64.1 Å². The van der Waals surface area contributed by atoms with Crippen LogP contribution in [0.3, 0.4) is 0 Å². The largest absolute Gasteiger partial charge is 0.380 e. The minimum Gasteiger partial charge on any atom is -0.380 e. The first-order valence-electron chi connectivity index (χ1n) is 5.07. The summed E-state index contributed by atoms with van der Waals surface area (Å²) in [5, 5.41) is 10.2. The number of carbonyl (C=O) groups is 1. The number of benzene rings is 1. The molecule has 7 heteroatoms. The summed E-state index contributed by atoms with van der Waals surface area (Å²) < 4.78 is 5.27. The van der Waals surface area contributed by atoms with Gasteiger partial charge in [-0.3, -0.25) is 4.79 Å². The average molecular weight is 284 g/mol. The lowest BCUT2D eigenvalue weighted by atomic mass is 10.2. The number of rotatable bonds is 4. The molecule has 0 fully saturated rings. The number of aromatic nitrogens is 2. The van der Waals surface area contributed by atoms with E-state index >= 15 is 0 Å². The van der Waals surface area contributed by atoms with Crippen LogP contribution in [-0.2, 0) is 11.3 Å². The van der Waals surface area contributed by atoms with Gasteiger partial charge in [0.1, 0.15) is 0 Å². The Morgan fingerprint density at radius 1 is 1.50 bits per heavy atom. The van der Waals surface area contributed by atoms with Crippen molar-refractivity contribution in [2.24, 2.45) is 0 Å². The molecular weight excluding hydrogens is 274 g/mol. The Hall–Kier alpha value is -1.50. The van der Waals surface area contributed by atoms with E-state index in [1.807, 2.05) is 18.2 Å². The fraction of sp³-hybridized carbons (Fsp3) is 0.182. The third kappa shape index (κ3) is 3.25. The quantitative estimate of drug-likeness (QED) is 0.937. The summed E-state index contributed by atoms with van der Waals surface area (Å²) in [5.74, 6) is -0.325. The molecule has 1 N–H and O–H groups in total. The second kappa shape index (κ2) is 5.90. The Bertz CT molecular complexity index is 559. The zero-order chi connectivity index (χ0) is 13.0. The third-order valence-electron chi connectivity index (χ3n) is 2.09. The number of hydrogen-bond donors (Lipinski definition) is 1. The lowest BCUT2D eigenvalue weighted by Crippen LogP contribution is -2.11. The number of hydrogen-bond acceptors (Lipinski definition) is 5. The maximum atomic E-state index is 11.8. The molecule has 0 atom stereocenters. The van der Waals surface area contributed by atoms with Crippen LogP contribution < -0.4 is 5.32 Å². The van der Waals surface area contributed by atoms with E-state index in [-0.39, 0.29) is 15.4 Å². The molecule has 1 aromatic heterocycles. The highest BCUT2D eigenvalue weighted by Gasteiger charge is 2.12. The van der Waals surface area contributed by atoms with E-state index < -0.39 is 0 Å². The molecule has 0 aliphatic rings. The Balaban J connectivity index is 2.09. The van der Waals surface area contributed by atoms with Gasteiger partial charge in [-0.1, -0.05) is 23.5 Å². The zero-order valence-corrected chi connectivity index (χ0v) is 11.1. The SMILES string of the molecule is COCc1cccc(NC(=O)c2nnc(Cl)s2)c1. The molecule has 2 rings (SSSR count). The number of ether oxygens (including phenoxy) is 1. The van der Waals surface area contributed by atoms with Gasteiger partial charge in [0.25, 0.3) is 5.91 Å². The number of nitrogens with one attached hydrogen (secondary N) is 1. The van der Waals surface area contributed by atoms with Gasteiger partial charge in [0.05, 0.1) is 6.61 Å². The fourth-order valence-corrected chi connectivity index (χ4v) is 2.11. The molecule has 94 valence electrons. The molecule has 0 spiro atoms. The minimum atomic E-state index is -0.325. The summed E-state index contributed by atoms with van der Waals surface area (Å²) in [7, 11) is 1.62. The molecule has 0 saturated carbocycles. The van der Waals surface area contributed by atoms with E-state index in [0.29, 0.717) is 12.3 Å². The van der Waals surface area contributed by atoms with Gasteiger partial charge in [0.2, 0.25) is 9.47 Å². The number of amides is 1.